The average molecular weight is 748 g/mol. The molecule has 1 aliphatic carbocycles. The van der Waals surface area contributed by atoms with Gasteiger partial charge in [0.25, 0.3) is 0 Å². The van der Waals surface area contributed by atoms with Crippen molar-refractivity contribution in [3.8, 4) is 17.3 Å². The Morgan fingerprint density at radius 1 is 1.00 bits per heavy atom. The SMILES string of the molecule is OC12CCCCCc3c(Cl)cc4c(cnn4C4CCCCO4)c3-c3ncc4c(nc(OCC56CCCN5C[C@H](F)C6)nc4c3F)N3CCCC(C3)(C1)C2. The summed E-state index contributed by atoms with van der Waals surface area (Å²) >= 11 is 7.15. The molecule has 5 fully saturated rings. The first-order chi connectivity index (χ1) is 25.7. The molecule has 0 radical (unpaired) electrons. The number of aromatic nitrogens is 5. The van der Waals surface area contributed by atoms with Gasteiger partial charge in [0.1, 0.15) is 29.8 Å². The summed E-state index contributed by atoms with van der Waals surface area (Å²) in [6, 6.07) is 2.03. The highest BCUT2D eigenvalue weighted by molar-refractivity contribution is 6.33. The van der Waals surface area contributed by atoms with Crippen LogP contribution in [0.25, 0.3) is 33.1 Å². The van der Waals surface area contributed by atoms with Crippen molar-refractivity contribution in [1.82, 2.24) is 29.6 Å². The van der Waals surface area contributed by atoms with Crippen molar-refractivity contribution >= 4 is 39.2 Å². The first-order valence-corrected chi connectivity index (χ1v) is 20.3. The van der Waals surface area contributed by atoms with Crippen LogP contribution >= 0.6 is 11.6 Å². The fraction of sp³-hybridized carbons (Fsp3) is 0.650. The van der Waals surface area contributed by atoms with Crippen LogP contribution in [0.1, 0.15) is 102 Å². The fourth-order valence-electron chi connectivity index (χ4n) is 11.1. The average Bonchev–Trinajstić information content (AvgIpc) is 3.82. The highest BCUT2D eigenvalue weighted by atomic mass is 35.5. The summed E-state index contributed by atoms with van der Waals surface area (Å²) in [6.07, 6.45) is 15.1. The Hall–Kier alpha value is -3.19. The number of piperidine rings is 1. The summed E-state index contributed by atoms with van der Waals surface area (Å²) in [5.41, 5.74) is 1.46. The van der Waals surface area contributed by atoms with E-state index >= 15 is 4.39 Å². The van der Waals surface area contributed by atoms with E-state index < -0.39 is 23.1 Å². The Bertz CT molecular complexity index is 2070. The summed E-state index contributed by atoms with van der Waals surface area (Å²) in [5, 5.41) is 18.2. The summed E-state index contributed by atoms with van der Waals surface area (Å²) in [7, 11) is 0. The lowest BCUT2D eigenvalue weighted by atomic mass is 9.55. The van der Waals surface area contributed by atoms with Gasteiger partial charge < -0.3 is 19.5 Å². The molecule has 1 saturated carbocycles. The number of hydrogen-bond acceptors (Lipinski definition) is 9. The molecule has 7 aliphatic heterocycles. The van der Waals surface area contributed by atoms with Crippen LogP contribution in [-0.4, -0.2) is 91.4 Å². The highest BCUT2D eigenvalue weighted by Crippen LogP contribution is 2.56. The maximum Gasteiger partial charge on any atom is 0.319 e. The molecule has 10 nitrogen and oxygen atoms in total. The number of hydrogen-bond donors (Lipinski definition) is 1. The molecule has 1 spiro atoms. The Kier molecular flexibility index (Phi) is 8.39. The van der Waals surface area contributed by atoms with Crippen molar-refractivity contribution in [3.05, 3.63) is 34.9 Å². The zero-order chi connectivity index (χ0) is 36.0. The van der Waals surface area contributed by atoms with Crippen LogP contribution < -0.4 is 9.64 Å². The molecule has 3 atom stereocenters. The summed E-state index contributed by atoms with van der Waals surface area (Å²) in [6.45, 7) is 3.64. The van der Waals surface area contributed by atoms with E-state index in [-0.39, 0.29) is 35.5 Å². The predicted octanol–water partition coefficient (Wildman–Crippen LogP) is 7.72. The van der Waals surface area contributed by atoms with E-state index in [4.69, 9.17) is 41.1 Å². The van der Waals surface area contributed by atoms with Crippen molar-refractivity contribution in [2.75, 3.05) is 44.3 Å². The van der Waals surface area contributed by atoms with Gasteiger partial charge in [-0.3, -0.25) is 9.88 Å². The van der Waals surface area contributed by atoms with Gasteiger partial charge in [-0.15, -0.1) is 0 Å². The molecule has 4 aromatic rings. The molecule has 4 saturated heterocycles. The van der Waals surface area contributed by atoms with Gasteiger partial charge in [-0.2, -0.15) is 15.1 Å². The predicted molar refractivity (Wildman–Crippen MR) is 199 cm³/mol. The molecule has 13 heteroatoms. The second kappa shape index (κ2) is 13.0. The molecule has 3 aromatic heterocycles. The Balaban J connectivity index is 1.13. The van der Waals surface area contributed by atoms with Crippen LogP contribution in [0.15, 0.2) is 18.5 Å². The van der Waals surface area contributed by atoms with Gasteiger partial charge in [0.15, 0.2) is 12.0 Å². The smallest absolute Gasteiger partial charge is 0.319 e. The van der Waals surface area contributed by atoms with E-state index in [1.807, 2.05) is 10.7 Å². The summed E-state index contributed by atoms with van der Waals surface area (Å²) in [5.74, 6) is 0.0398. The number of pyridine rings is 1. The van der Waals surface area contributed by atoms with Crippen LogP contribution in [0, 0.1) is 11.2 Å². The number of alkyl halides is 1. The van der Waals surface area contributed by atoms with Crippen LogP contribution in [0.2, 0.25) is 5.02 Å². The molecule has 0 amide bonds. The van der Waals surface area contributed by atoms with Gasteiger partial charge in [-0.25, -0.2) is 13.5 Å². The zero-order valence-corrected chi connectivity index (χ0v) is 31.0. The Morgan fingerprint density at radius 3 is 2.75 bits per heavy atom. The lowest BCUT2D eigenvalue weighted by Crippen LogP contribution is -2.59. The molecule has 7 bridgehead atoms. The normalized spacial score (nSPS) is 31.9. The Morgan fingerprint density at radius 2 is 1.89 bits per heavy atom. The minimum atomic E-state index is -0.891. The third-order valence-corrected chi connectivity index (χ3v) is 13.8. The highest BCUT2D eigenvalue weighted by Gasteiger charge is 2.55. The number of nitrogens with zero attached hydrogens (tertiary/aromatic N) is 7. The number of fused-ring (bicyclic) bond motifs is 2. The molecule has 10 heterocycles. The minimum absolute atomic E-state index is 0.0218. The quantitative estimate of drug-likeness (QED) is 0.225. The lowest BCUT2D eigenvalue weighted by molar-refractivity contribution is -0.138. The minimum Gasteiger partial charge on any atom is -0.461 e. The number of anilines is 1. The number of aliphatic hydroxyl groups is 1. The lowest BCUT2D eigenvalue weighted by Gasteiger charge is -2.57. The molecule has 53 heavy (non-hydrogen) atoms. The van der Waals surface area contributed by atoms with E-state index in [9.17, 15) is 9.50 Å². The second-order valence-corrected chi connectivity index (χ2v) is 17.5. The topological polar surface area (TPSA) is 102 Å². The monoisotopic (exact) mass is 747 g/mol. The first kappa shape index (κ1) is 34.3. The number of halogens is 3. The number of ether oxygens (including phenoxy) is 2. The van der Waals surface area contributed by atoms with Crippen LogP contribution in [0.3, 0.4) is 0 Å². The van der Waals surface area contributed by atoms with Gasteiger partial charge in [0, 0.05) is 54.8 Å². The van der Waals surface area contributed by atoms with E-state index in [0.717, 1.165) is 113 Å². The van der Waals surface area contributed by atoms with Crippen LogP contribution in [0.4, 0.5) is 14.6 Å². The van der Waals surface area contributed by atoms with Gasteiger partial charge in [-0.1, -0.05) is 24.4 Å². The fourth-order valence-corrected chi connectivity index (χ4v) is 11.4. The maximum absolute atomic E-state index is 17.6. The Labute approximate surface area is 313 Å². The number of benzene rings is 1. The largest absolute Gasteiger partial charge is 0.461 e. The van der Waals surface area contributed by atoms with E-state index in [1.54, 1.807) is 12.4 Å². The third-order valence-electron chi connectivity index (χ3n) is 13.4. The van der Waals surface area contributed by atoms with E-state index in [2.05, 4.69) is 9.80 Å². The van der Waals surface area contributed by atoms with Crippen molar-refractivity contribution in [2.45, 2.75) is 120 Å². The van der Waals surface area contributed by atoms with Crippen molar-refractivity contribution in [1.29, 1.82) is 0 Å². The molecule has 1 N–H and O–H groups in total. The van der Waals surface area contributed by atoms with Crippen LogP contribution in [0.5, 0.6) is 6.01 Å². The molecule has 1 aromatic carbocycles. The summed E-state index contributed by atoms with van der Waals surface area (Å²) in [4.78, 5) is 19.1. The first-order valence-electron chi connectivity index (χ1n) is 19.9. The maximum atomic E-state index is 17.6. The molecular weight excluding hydrogens is 700 g/mol. The standard InChI is InChI=1S/C40H48ClF2N7O3/c41-29-16-30-27(19-45-50(30)31-9-3-5-15-52-31)32-26(29)8-2-1-4-12-40(51)21-38(22-40)10-6-13-48(23-38)36-28-18-44-35(32)33(43)34(28)46-37(47-36)53-24-39-11-7-14-49(39)20-25(42)17-39/h16,18-19,25,31,51H,1-15,17,20-24H2/t25-,31?,38?,39?,40?/m1/s1. The van der Waals surface area contributed by atoms with Gasteiger partial charge in [0.2, 0.25) is 0 Å². The number of rotatable bonds is 4. The molecule has 12 rings (SSSR count). The van der Waals surface area contributed by atoms with Gasteiger partial charge in [-0.05, 0) is 101 Å². The van der Waals surface area contributed by atoms with Crippen molar-refractivity contribution in [2.24, 2.45) is 5.41 Å². The molecular formula is C40H48ClF2N7O3. The molecule has 2 unspecified atom stereocenters. The molecule has 282 valence electrons. The molecule has 8 aliphatic rings. The third kappa shape index (κ3) is 5.80. The van der Waals surface area contributed by atoms with Crippen LogP contribution in [-0.2, 0) is 11.2 Å². The van der Waals surface area contributed by atoms with Crippen molar-refractivity contribution in [3.63, 3.8) is 0 Å². The second-order valence-electron chi connectivity index (χ2n) is 17.1. The zero-order valence-electron chi connectivity index (χ0n) is 30.3. The van der Waals surface area contributed by atoms with E-state index in [1.165, 1.54) is 0 Å². The van der Waals surface area contributed by atoms with Crippen molar-refractivity contribution < 1.29 is 23.4 Å². The van der Waals surface area contributed by atoms with Gasteiger partial charge >= 0.3 is 6.01 Å². The summed E-state index contributed by atoms with van der Waals surface area (Å²) < 4.78 is 46.7. The van der Waals surface area contributed by atoms with E-state index in [0.29, 0.717) is 54.3 Å². The van der Waals surface area contributed by atoms with Gasteiger partial charge in [0.05, 0.1) is 28.2 Å².